The van der Waals surface area contributed by atoms with Gasteiger partial charge in [0.2, 0.25) is 5.95 Å². The summed E-state index contributed by atoms with van der Waals surface area (Å²) >= 11 is 1.27. The van der Waals surface area contributed by atoms with Crippen LogP contribution >= 0.6 is 11.3 Å². The van der Waals surface area contributed by atoms with Crippen molar-refractivity contribution in [2.45, 2.75) is 24.7 Å². The molecule has 0 saturated carbocycles. The van der Waals surface area contributed by atoms with E-state index in [2.05, 4.69) is 20.3 Å². The fourth-order valence-electron chi connectivity index (χ4n) is 5.44. The van der Waals surface area contributed by atoms with Crippen molar-refractivity contribution in [3.63, 3.8) is 0 Å². The molecule has 5 aromatic rings. The van der Waals surface area contributed by atoms with Crippen LogP contribution in [0.3, 0.4) is 0 Å². The first kappa shape index (κ1) is 35.2. The number of rotatable bonds is 11. The van der Waals surface area contributed by atoms with Crippen molar-refractivity contribution in [1.82, 2.24) is 19.9 Å². The van der Waals surface area contributed by atoms with Gasteiger partial charge in [0, 0.05) is 56.1 Å². The van der Waals surface area contributed by atoms with Crippen LogP contribution in [0.2, 0.25) is 0 Å². The van der Waals surface area contributed by atoms with Crippen LogP contribution in [-0.2, 0) is 10.0 Å². The van der Waals surface area contributed by atoms with E-state index < -0.39 is 50.5 Å². The summed E-state index contributed by atoms with van der Waals surface area (Å²) in [6.45, 7) is 6.18. The van der Waals surface area contributed by atoms with Gasteiger partial charge < -0.3 is 10.2 Å². The number of benzene rings is 3. The van der Waals surface area contributed by atoms with E-state index in [1.54, 1.807) is 18.2 Å². The summed E-state index contributed by atoms with van der Waals surface area (Å²) in [4.78, 5) is 17.5. The molecule has 1 aliphatic heterocycles. The van der Waals surface area contributed by atoms with E-state index >= 15 is 8.78 Å². The number of nitrogens with zero attached hydrogens (tertiary/aromatic N) is 5. The molecule has 16 heteroatoms. The van der Waals surface area contributed by atoms with Crippen molar-refractivity contribution in [3.8, 4) is 21.8 Å². The summed E-state index contributed by atoms with van der Waals surface area (Å²) in [5.41, 5.74) is 0.793. The number of alkyl halides is 1. The first-order chi connectivity index (χ1) is 23.9. The van der Waals surface area contributed by atoms with E-state index in [1.165, 1.54) is 29.7 Å². The molecule has 9 nitrogen and oxygen atoms in total. The maximum Gasteiger partial charge on any atom is 0.262 e. The zero-order chi connectivity index (χ0) is 35.6. The minimum Gasteiger partial charge on any atom is -0.367 e. The number of sulfonamides is 1. The Kier molecular flexibility index (Phi) is 10.3. The number of nitrogens with one attached hydrogen (secondary N) is 2. The first-order valence-corrected chi connectivity index (χ1v) is 17.9. The molecule has 1 fully saturated rings. The highest BCUT2D eigenvalue weighted by Crippen LogP contribution is 2.40. The van der Waals surface area contributed by atoms with Crippen molar-refractivity contribution in [3.05, 3.63) is 95.1 Å². The normalized spacial score (nSPS) is 14.0. The van der Waals surface area contributed by atoms with Gasteiger partial charge >= 0.3 is 0 Å². The molecule has 2 N–H and O–H groups in total. The van der Waals surface area contributed by atoms with Gasteiger partial charge in [0.25, 0.3) is 10.0 Å². The van der Waals surface area contributed by atoms with Crippen molar-refractivity contribution >= 4 is 44.4 Å². The molecule has 0 aliphatic carbocycles. The van der Waals surface area contributed by atoms with Gasteiger partial charge in [-0.25, -0.2) is 45.3 Å². The standard InChI is InChI=1S/C34H32F5N7O2S2/c1-20(2)33-43-31(21-16-26(38)30(39)28(17-21)44-50(47,48)24-5-3-4-22(36)18-24)32(49-33)27-8-10-40-34(42-27)41-23-6-7-29(25(37)19-23)46-14-12-45(11-9-35)13-15-46/h3-8,10,16-20,44H,9,11-15H2,1-2H3,(H,40,41,42). The van der Waals surface area contributed by atoms with Crippen molar-refractivity contribution in [2.24, 2.45) is 0 Å². The zero-order valence-electron chi connectivity index (χ0n) is 26.9. The van der Waals surface area contributed by atoms with E-state index in [9.17, 15) is 21.6 Å². The van der Waals surface area contributed by atoms with Crippen LogP contribution < -0.4 is 14.9 Å². The van der Waals surface area contributed by atoms with Gasteiger partial charge in [-0.3, -0.25) is 9.62 Å². The van der Waals surface area contributed by atoms with Gasteiger partial charge in [-0.15, -0.1) is 11.3 Å². The Labute approximate surface area is 289 Å². The number of thiazole rings is 1. The number of aromatic nitrogens is 3. The number of piperazine rings is 1. The predicted molar refractivity (Wildman–Crippen MR) is 184 cm³/mol. The highest BCUT2D eigenvalue weighted by molar-refractivity contribution is 7.92. The highest BCUT2D eigenvalue weighted by atomic mass is 32.2. The molecule has 0 spiro atoms. The molecule has 3 aromatic carbocycles. The average Bonchev–Trinajstić information content (AvgIpc) is 3.54. The summed E-state index contributed by atoms with van der Waals surface area (Å²) < 4.78 is 99.6. The molecule has 0 amide bonds. The third-order valence-corrected chi connectivity index (χ3v) is 10.7. The van der Waals surface area contributed by atoms with Crippen LogP contribution in [0.5, 0.6) is 0 Å². The van der Waals surface area contributed by atoms with Gasteiger partial charge in [0.1, 0.15) is 18.3 Å². The summed E-state index contributed by atoms with van der Waals surface area (Å²) in [6, 6.07) is 12.4. The van der Waals surface area contributed by atoms with E-state index in [-0.39, 0.29) is 23.1 Å². The van der Waals surface area contributed by atoms with E-state index in [0.717, 1.165) is 30.3 Å². The van der Waals surface area contributed by atoms with Crippen LogP contribution in [0, 0.1) is 23.3 Å². The molecular formula is C34H32F5N7O2S2. The van der Waals surface area contributed by atoms with E-state index in [4.69, 9.17) is 0 Å². The van der Waals surface area contributed by atoms with Crippen molar-refractivity contribution in [1.29, 1.82) is 0 Å². The number of halogens is 5. The third kappa shape index (κ3) is 7.71. The fraction of sp³-hybridized carbons (Fsp3) is 0.265. The summed E-state index contributed by atoms with van der Waals surface area (Å²) in [5.74, 6) is -3.96. The molecule has 262 valence electrons. The third-order valence-electron chi connectivity index (χ3n) is 8.00. The molecule has 1 saturated heterocycles. The summed E-state index contributed by atoms with van der Waals surface area (Å²) in [7, 11) is -4.48. The number of hydrogen-bond donors (Lipinski definition) is 2. The zero-order valence-corrected chi connectivity index (χ0v) is 28.6. The second-order valence-corrected chi connectivity index (χ2v) is 14.6. The van der Waals surface area contributed by atoms with Gasteiger partial charge in [-0.2, -0.15) is 0 Å². The molecule has 6 rings (SSSR count). The predicted octanol–water partition coefficient (Wildman–Crippen LogP) is 7.58. The average molecular weight is 730 g/mol. The monoisotopic (exact) mass is 729 g/mol. The minimum absolute atomic E-state index is 0.0589. The molecule has 1 aliphatic rings. The summed E-state index contributed by atoms with van der Waals surface area (Å²) in [5, 5.41) is 3.66. The van der Waals surface area contributed by atoms with Crippen LogP contribution in [0.25, 0.3) is 21.8 Å². The number of anilines is 4. The SMILES string of the molecule is CC(C)c1nc(-c2cc(F)c(F)c(NS(=O)(=O)c3cccc(F)c3)c2)c(-c2ccnc(Nc3ccc(N4CCN(CCF)CC4)c(F)c3)n2)s1. The van der Waals surface area contributed by atoms with Crippen LogP contribution in [0.1, 0.15) is 24.8 Å². The maximum atomic E-state index is 15.2. The van der Waals surface area contributed by atoms with Gasteiger partial charge in [-0.1, -0.05) is 19.9 Å². The largest absolute Gasteiger partial charge is 0.367 e. The Morgan fingerprint density at radius 3 is 2.40 bits per heavy atom. The second-order valence-electron chi connectivity index (χ2n) is 11.8. The Morgan fingerprint density at radius 2 is 1.70 bits per heavy atom. The summed E-state index contributed by atoms with van der Waals surface area (Å²) in [6.07, 6.45) is 1.48. The molecule has 0 unspecified atom stereocenters. The van der Waals surface area contributed by atoms with Crippen LogP contribution in [-0.4, -0.2) is 67.7 Å². The molecule has 3 heterocycles. The molecular weight excluding hydrogens is 698 g/mol. The first-order valence-electron chi connectivity index (χ1n) is 15.6. The van der Waals surface area contributed by atoms with Crippen LogP contribution in [0.4, 0.5) is 45.0 Å². The topological polar surface area (TPSA) is 103 Å². The lowest BCUT2D eigenvalue weighted by Gasteiger charge is -2.35. The fourth-order valence-corrected chi connectivity index (χ4v) is 7.58. The Morgan fingerprint density at radius 1 is 0.920 bits per heavy atom. The van der Waals surface area contributed by atoms with E-state index in [1.807, 2.05) is 28.4 Å². The van der Waals surface area contributed by atoms with Gasteiger partial charge in [0.15, 0.2) is 11.6 Å². The van der Waals surface area contributed by atoms with Crippen LogP contribution in [0.15, 0.2) is 71.8 Å². The van der Waals surface area contributed by atoms with E-state index in [0.29, 0.717) is 59.7 Å². The second kappa shape index (κ2) is 14.7. The van der Waals surface area contributed by atoms with Crippen molar-refractivity contribution < 1.29 is 30.4 Å². The Bertz CT molecular complexity index is 2120. The van der Waals surface area contributed by atoms with Crippen molar-refractivity contribution in [2.75, 3.05) is 54.3 Å². The molecule has 2 aromatic heterocycles. The molecule has 0 atom stereocenters. The maximum absolute atomic E-state index is 15.2. The Balaban J connectivity index is 1.29. The number of hydrogen-bond acceptors (Lipinski definition) is 9. The lowest BCUT2D eigenvalue weighted by molar-refractivity contribution is 0.235. The highest BCUT2D eigenvalue weighted by Gasteiger charge is 2.24. The quantitative estimate of drug-likeness (QED) is 0.134. The Hall–Kier alpha value is -4.67. The van der Waals surface area contributed by atoms with Gasteiger partial charge in [-0.05, 0) is 54.6 Å². The smallest absolute Gasteiger partial charge is 0.262 e. The lowest BCUT2D eigenvalue weighted by atomic mass is 10.1. The molecule has 0 bridgehead atoms. The molecule has 50 heavy (non-hydrogen) atoms. The molecule has 0 radical (unpaired) electrons. The minimum atomic E-state index is -4.48. The lowest BCUT2D eigenvalue weighted by Crippen LogP contribution is -2.47. The van der Waals surface area contributed by atoms with Gasteiger partial charge in [0.05, 0.1) is 37.5 Å².